The van der Waals surface area contributed by atoms with Crippen LogP contribution in [-0.2, 0) is 6.54 Å². The Morgan fingerprint density at radius 3 is 2.86 bits per heavy atom. The fourth-order valence-electron chi connectivity index (χ4n) is 2.33. The van der Waals surface area contributed by atoms with Crippen LogP contribution in [0.2, 0.25) is 5.02 Å². The lowest BCUT2D eigenvalue weighted by Crippen LogP contribution is -2.04. The molecule has 0 saturated heterocycles. The molecule has 0 aliphatic heterocycles. The molecular formula is C15H12ClN3O2. The second-order valence-corrected chi connectivity index (χ2v) is 4.94. The number of carboxylic acid groups (broad SMARTS) is 1. The van der Waals surface area contributed by atoms with Gasteiger partial charge in [0.2, 0.25) is 0 Å². The molecule has 0 saturated carbocycles. The molecular weight excluding hydrogens is 290 g/mol. The fourth-order valence-corrected chi connectivity index (χ4v) is 2.57. The first-order valence-electron chi connectivity index (χ1n) is 6.46. The van der Waals surface area contributed by atoms with Crippen LogP contribution in [0.1, 0.15) is 17.3 Å². The lowest BCUT2D eigenvalue weighted by atomic mass is 10.1. The van der Waals surface area contributed by atoms with Crippen molar-refractivity contribution in [2.45, 2.75) is 13.5 Å². The van der Waals surface area contributed by atoms with Crippen molar-refractivity contribution in [3.8, 4) is 11.4 Å². The molecule has 2 aromatic heterocycles. The Kier molecular flexibility index (Phi) is 3.35. The standard InChI is InChI=1S/C15H12ClN3O2/c1-2-19-14(11(16)8-17-19)13-7-10(15(20)21)9-5-3-4-6-12(9)18-13/h3-8H,2H2,1H3,(H,20,21). The summed E-state index contributed by atoms with van der Waals surface area (Å²) in [6.45, 7) is 2.56. The van der Waals surface area contributed by atoms with Gasteiger partial charge in [0.05, 0.1) is 28.0 Å². The third-order valence-electron chi connectivity index (χ3n) is 3.28. The molecule has 0 unspecified atom stereocenters. The zero-order valence-electron chi connectivity index (χ0n) is 11.2. The second kappa shape index (κ2) is 5.18. The number of aryl methyl sites for hydroxylation is 1. The molecule has 106 valence electrons. The van der Waals surface area contributed by atoms with E-state index in [9.17, 15) is 9.90 Å². The Bertz CT molecular complexity index is 842. The highest BCUT2D eigenvalue weighted by Crippen LogP contribution is 2.29. The van der Waals surface area contributed by atoms with Gasteiger partial charge in [-0.3, -0.25) is 4.68 Å². The van der Waals surface area contributed by atoms with E-state index in [-0.39, 0.29) is 5.56 Å². The van der Waals surface area contributed by atoms with E-state index in [1.54, 1.807) is 28.9 Å². The van der Waals surface area contributed by atoms with Gasteiger partial charge in [-0.15, -0.1) is 0 Å². The normalized spacial score (nSPS) is 11.0. The Labute approximate surface area is 125 Å². The van der Waals surface area contributed by atoms with E-state index < -0.39 is 5.97 Å². The molecule has 0 aliphatic rings. The van der Waals surface area contributed by atoms with Gasteiger partial charge in [-0.1, -0.05) is 29.8 Å². The molecule has 3 aromatic rings. The van der Waals surface area contributed by atoms with Crippen LogP contribution in [0.3, 0.4) is 0 Å². The smallest absolute Gasteiger partial charge is 0.336 e. The third kappa shape index (κ3) is 2.25. The van der Waals surface area contributed by atoms with Crippen LogP contribution in [0, 0.1) is 0 Å². The van der Waals surface area contributed by atoms with Crippen LogP contribution in [0.25, 0.3) is 22.3 Å². The van der Waals surface area contributed by atoms with E-state index in [1.807, 2.05) is 13.0 Å². The second-order valence-electron chi connectivity index (χ2n) is 4.53. The summed E-state index contributed by atoms with van der Waals surface area (Å²) in [5.41, 5.74) is 1.96. The first-order valence-corrected chi connectivity index (χ1v) is 6.84. The molecule has 21 heavy (non-hydrogen) atoms. The summed E-state index contributed by atoms with van der Waals surface area (Å²) in [4.78, 5) is 16.0. The highest BCUT2D eigenvalue weighted by Gasteiger charge is 2.17. The maximum absolute atomic E-state index is 11.5. The number of carboxylic acids is 1. The van der Waals surface area contributed by atoms with Crippen molar-refractivity contribution in [1.29, 1.82) is 0 Å². The van der Waals surface area contributed by atoms with E-state index >= 15 is 0 Å². The van der Waals surface area contributed by atoms with Gasteiger partial charge in [0.15, 0.2) is 0 Å². The molecule has 0 amide bonds. The minimum Gasteiger partial charge on any atom is -0.478 e. The van der Waals surface area contributed by atoms with E-state index in [0.717, 1.165) is 0 Å². The number of aromatic carboxylic acids is 1. The van der Waals surface area contributed by atoms with Crippen LogP contribution in [0.15, 0.2) is 36.5 Å². The molecule has 3 rings (SSSR count). The largest absolute Gasteiger partial charge is 0.478 e. The Hall–Kier alpha value is -2.40. The van der Waals surface area contributed by atoms with Gasteiger partial charge < -0.3 is 5.11 Å². The summed E-state index contributed by atoms with van der Waals surface area (Å²) in [6, 6.07) is 8.68. The van der Waals surface area contributed by atoms with Gasteiger partial charge in [-0.2, -0.15) is 5.10 Å². The van der Waals surface area contributed by atoms with Gasteiger partial charge in [0, 0.05) is 11.9 Å². The average molecular weight is 302 g/mol. The number of hydrogen-bond acceptors (Lipinski definition) is 3. The topological polar surface area (TPSA) is 68.0 Å². The van der Waals surface area contributed by atoms with Crippen LogP contribution in [0.4, 0.5) is 0 Å². The van der Waals surface area contributed by atoms with Crippen LogP contribution in [0.5, 0.6) is 0 Å². The van der Waals surface area contributed by atoms with Crippen LogP contribution >= 0.6 is 11.6 Å². The molecule has 0 fully saturated rings. The first-order chi connectivity index (χ1) is 10.1. The van der Waals surface area contributed by atoms with E-state index in [0.29, 0.717) is 33.9 Å². The number of pyridine rings is 1. The number of aromatic nitrogens is 3. The number of fused-ring (bicyclic) bond motifs is 1. The molecule has 5 nitrogen and oxygen atoms in total. The summed E-state index contributed by atoms with van der Waals surface area (Å²) < 4.78 is 1.70. The lowest BCUT2D eigenvalue weighted by Gasteiger charge is -2.09. The van der Waals surface area contributed by atoms with Gasteiger partial charge >= 0.3 is 5.97 Å². The SMILES string of the molecule is CCn1ncc(Cl)c1-c1cc(C(=O)O)c2ccccc2n1. The summed E-state index contributed by atoms with van der Waals surface area (Å²) in [6.07, 6.45) is 1.54. The number of hydrogen-bond donors (Lipinski definition) is 1. The van der Waals surface area contributed by atoms with Crippen molar-refractivity contribution in [1.82, 2.24) is 14.8 Å². The van der Waals surface area contributed by atoms with Crippen LogP contribution < -0.4 is 0 Å². The van der Waals surface area contributed by atoms with Crippen molar-refractivity contribution in [3.63, 3.8) is 0 Å². The number of para-hydroxylation sites is 1. The molecule has 0 spiro atoms. The third-order valence-corrected chi connectivity index (χ3v) is 3.56. The number of rotatable bonds is 3. The van der Waals surface area contributed by atoms with Gasteiger partial charge in [0.25, 0.3) is 0 Å². The first kappa shape index (κ1) is 13.6. The summed E-state index contributed by atoms with van der Waals surface area (Å²) in [5, 5.41) is 14.6. The molecule has 0 aliphatic carbocycles. The van der Waals surface area contributed by atoms with Crippen molar-refractivity contribution < 1.29 is 9.90 Å². The number of carbonyl (C=O) groups is 1. The Morgan fingerprint density at radius 2 is 2.14 bits per heavy atom. The summed E-state index contributed by atoms with van der Waals surface area (Å²) in [5.74, 6) is -0.992. The fraction of sp³-hybridized carbons (Fsp3) is 0.133. The highest BCUT2D eigenvalue weighted by atomic mass is 35.5. The molecule has 6 heteroatoms. The van der Waals surface area contributed by atoms with Gasteiger partial charge in [-0.25, -0.2) is 9.78 Å². The molecule has 1 aromatic carbocycles. The van der Waals surface area contributed by atoms with Crippen molar-refractivity contribution in [3.05, 3.63) is 47.1 Å². The maximum atomic E-state index is 11.5. The number of nitrogens with zero attached hydrogens (tertiary/aromatic N) is 3. The van der Waals surface area contributed by atoms with Gasteiger partial charge in [-0.05, 0) is 19.1 Å². The molecule has 1 N–H and O–H groups in total. The number of benzene rings is 1. The number of halogens is 1. The average Bonchev–Trinajstić information content (AvgIpc) is 2.86. The quantitative estimate of drug-likeness (QED) is 0.804. The minimum absolute atomic E-state index is 0.204. The van der Waals surface area contributed by atoms with E-state index in [2.05, 4.69) is 10.1 Å². The lowest BCUT2D eigenvalue weighted by molar-refractivity contribution is 0.0699. The molecule has 0 bridgehead atoms. The Balaban J connectivity index is 2.34. The van der Waals surface area contributed by atoms with E-state index in [4.69, 9.17) is 11.6 Å². The predicted molar refractivity (Wildman–Crippen MR) is 80.6 cm³/mol. The highest BCUT2D eigenvalue weighted by molar-refractivity contribution is 6.33. The summed E-state index contributed by atoms with van der Waals surface area (Å²) >= 11 is 6.17. The summed E-state index contributed by atoms with van der Waals surface area (Å²) in [7, 11) is 0. The maximum Gasteiger partial charge on any atom is 0.336 e. The van der Waals surface area contributed by atoms with Crippen molar-refractivity contribution >= 4 is 28.5 Å². The zero-order valence-corrected chi connectivity index (χ0v) is 12.0. The predicted octanol–water partition coefficient (Wildman–Crippen LogP) is 3.47. The van der Waals surface area contributed by atoms with E-state index in [1.165, 1.54) is 6.20 Å². The van der Waals surface area contributed by atoms with Gasteiger partial charge in [0.1, 0.15) is 5.69 Å². The molecule has 2 heterocycles. The zero-order chi connectivity index (χ0) is 15.0. The van der Waals surface area contributed by atoms with Crippen molar-refractivity contribution in [2.75, 3.05) is 0 Å². The molecule has 0 atom stereocenters. The molecule has 0 radical (unpaired) electrons. The minimum atomic E-state index is -0.992. The van der Waals surface area contributed by atoms with Crippen molar-refractivity contribution in [2.24, 2.45) is 0 Å². The Morgan fingerprint density at radius 1 is 1.38 bits per heavy atom. The van der Waals surface area contributed by atoms with Crippen LogP contribution in [-0.4, -0.2) is 25.8 Å². The monoisotopic (exact) mass is 301 g/mol.